The highest BCUT2D eigenvalue weighted by Gasteiger charge is 2.18. The number of nitrogens with zero attached hydrogens (tertiary/aromatic N) is 1. The zero-order chi connectivity index (χ0) is 12.3. The predicted octanol–water partition coefficient (Wildman–Crippen LogP) is 2.13. The first-order valence-corrected chi connectivity index (χ1v) is 5.03. The molecule has 0 atom stereocenters. The normalized spacial score (nSPS) is 12.6. The molecule has 0 bridgehead atoms. The van der Waals surface area contributed by atoms with E-state index in [9.17, 15) is 10.3 Å². The van der Waals surface area contributed by atoms with Crippen molar-refractivity contribution in [1.82, 2.24) is 0 Å². The van der Waals surface area contributed by atoms with Crippen molar-refractivity contribution in [3.8, 4) is 11.5 Å². The van der Waals surface area contributed by atoms with Crippen molar-refractivity contribution in [3.05, 3.63) is 29.0 Å². The van der Waals surface area contributed by atoms with Crippen molar-refractivity contribution >= 4 is 6.21 Å². The average molecular weight is 223 g/mol. The Bertz CT molecular complexity index is 405. The van der Waals surface area contributed by atoms with Gasteiger partial charge in [0.1, 0.15) is 0 Å². The fourth-order valence-electron chi connectivity index (χ4n) is 1.10. The molecule has 16 heavy (non-hydrogen) atoms. The van der Waals surface area contributed by atoms with Gasteiger partial charge in [-0.15, -0.1) is 0 Å². The van der Waals surface area contributed by atoms with E-state index < -0.39 is 5.54 Å². The number of hydrogen-bond donors (Lipinski definition) is 1. The highest BCUT2D eigenvalue weighted by atomic mass is 16.5. The number of phenolic OH excluding ortho intramolecular Hbond substituents is 1. The molecular weight excluding hydrogens is 206 g/mol. The van der Waals surface area contributed by atoms with E-state index in [0.717, 1.165) is 4.74 Å². The topological polar surface area (TPSA) is 55.5 Å². The molecule has 0 aliphatic rings. The van der Waals surface area contributed by atoms with Gasteiger partial charge in [-0.1, -0.05) is 0 Å². The molecule has 0 saturated carbocycles. The van der Waals surface area contributed by atoms with E-state index >= 15 is 0 Å². The Morgan fingerprint density at radius 3 is 2.50 bits per heavy atom. The fourth-order valence-corrected chi connectivity index (χ4v) is 1.10. The van der Waals surface area contributed by atoms with Gasteiger partial charge >= 0.3 is 0 Å². The number of phenols is 1. The van der Waals surface area contributed by atoms with Gasteiger partial charge in [0.05, 0.1) is 7.11 Å². The largest absolute Gasteiger partial charge is 0.623 e. The molecule has 1 N–H and O–H groups in total. The van der Waals surface area contributed by atoms with Crippen molar-refractivity contribution in [2.24, 2.45) is 0 Å². The van der Waals surface area contributed by atoms with Gasteiger partial charge in [0.2, 0.25) is 0 Å². The molecular formula is C12H17NO3. The average Bonchev–Trinajstić information content (AvgIpc) is 2.19. The fraction of sp³-hybridized carbons (Fsp3) is 0.417. The lowest BCUT2D eigenvalue weighted by Gasteiger charge is -2.18. The standard InChI is InChI=1S/C12H17NO3/c1-12(2,3)13(15)8-9-5-6-10(14)11(7-9)16-4/h5-8,14H,1-4H3. The molecule has 0 aliphatic heterocycles. The Labute approximate surface area is 95.4 Å². The number of benzene rings is 1. The molecule has 1 aromatic carbocycles. The highest BCUT2D eigenvalue weighted by Crippen LogP contribution is 2.25. The molecule has 0 amide bonds. The van der Waals surface area contributed by atoms with Crippen molar-refractivity contribution in [2.75, 3.05) is 7.11 Å². The van der Waals surface area contributed by atoms with Crippen LogP contribution in [0.3, 0.4) is 0 Å². The Kier molecular flexibility index (Phi) is 3.42. The van der Waals surface area contributed by atoms with Gasteiger partial charge in [-0.2, -0.15) is 0 Å². The molecule has 1 rings (SSSR count). The third-order valence-corrected chi connectivity index (χ3v) is 2.13. The number of aromatic hydroxyl groups is 1. The molecule has 0 spiro atoms. The Balaban J connectivity index is 3.07. The van der Waals surface area contributed by atoms with Gasteiger partial charge in [0.25, 0.3) is 0 Å². The molecule has 0 aromatic heterocycles. The third kappa shape index (κ3) is 2.89. The van der Waals surface area contributed by atoms with Crippen LogP contribution in [0.2, 0.25) is 0 Å². The summed E-state index contributed by atoms with van der Waals surface area (Å²) in [4.78, 5) is 0. The first-order valence-electron chi connectivity index (χ1n) is 5.03. The zero-order valence-electron chi connectivity index (χ0n) is 10.0. The second-order valence-electron chi connectivity index (χ2n) is 4.56. The van der Waals surface area contributed by atoms with Crippen molar-refractivity contribution < 1.29 is 14.6 Å². The Morgan fingerprint density at radius 2 is 2.00 bits per heavy atom. The summed E-state index contributed by atoms with van der Waals surface area (Å²) in [6.07, 6.45) is 1.47. The summed E-state index contributed by atoms with van der Waals surface area (Å²) >= 11 is 0. The molecule has 0 radical (unpaired) electrons. The van der Waals surface area contributed by atoms with Crippen molar-refractivity contribution in [2.45, 2.75) is 26.3 Å². The summed E-state index contributed by atoms with van der Waals surface area (Å²) in [5.41, 5.74) is 0.213. The molecule has 0 fully saturated rings. The van der Waals surface area contributed by atoms with Gasteiger partial charge in [0.15, 0.2) is 23.3 Å². The van der Waals surface area contributed by atoms with Crippen LogP contribution in [-0.4, -0.2) is 28.7 Å². The van der Waals surface area contributed by atoms with Crippen LogP contribution in [0.5, 0.6) is 11.5 Å². The second-order valence-corrected chi connectivity index (χ2v) is 4.56. The first-order chi connectivity index (χ1) is 7.34. The minimum absolute atomic E-state index is 0.0628. The lowest BCUT2D eigenvalue weighted by Crippen LogP contribution is -2.29. The Morgan fingerprint density at radius 1 is 1.38 bits per heavy atom. The van der Waals surface area contributed by atoms with E-state index in [1.54, 1.807) is 12.1 Å². The lowest BCUT2D eigenvalue weighted by molar-refractivity contribution is -0.530. The molecule has 0 unspecified atom stereocenters. The maximum Gasteiger partial charge on any atom is 0.182 e. The molecule has 0 saturated heterocycles. The highest BCUT2D eigenvalue weighted by molar-refractivity contribution is 5.77. The van der Waals surface area contributed by atoms with E-state index in [1.807, 2.05) is 20.8 Å². The summed E-state index contributed by atoms with van der Waals surface area (Å²) in [6.45, 7) is 5.48. The maximum atomic E-state index is 11.7. The number of rotatable bonds is 2. The summed E-state index contributed by atoms with van der Waals surface area (Å²) in [5, 5.41) is 21.1. The lowest BCUT2D eigenvalue weighted by atomic mass is 10.1. The van der Waals surface area contributed by atoms with Gasteiger partial charge in [-0.25, -0.2) is 4.74 Å². The quantitative estimate of drug-likeness (QED) is 0.361. The van der Waals surface area contributed by atoms with E-state index in [0.29, 0.717) is 11.3 Å². The van der Waals surface area contributed by atoms with E-state index in [1.165, 1.54) is 19.4 Å². The summed E-state index contributed by atoms with van der Waals surface area (Å²) in [6, 6.07) is 4.78. The predicted molar refractivity (Wildman–Crippen MR) is 63.2 cm³/mol. The number of hydrogen-bond acceptors (Lipinski definition) is 3. The summed E-state index contributed by atoms with van der Waals surface area (Å²) in [7, 11) is 1.47. The van der Waals surface area contributed by atoms with Crippen LogP contribution >= 0.6 is 0 Å². The zero-order valence-corrected chi connectivity index (χ0v) is 10.0. The van der Waals surface area contributed by atoms with E-state index in [4.69, 9.17) is 4.74 Å². The molecule has 4 nitrogen and oxygen atoms in total. The van der Waals surface area contributed by atoms with Crippen LogP contribution in [0, 0.1) is 5.21 Å². The third-order valence-electron chi connectivity index (χ3n) is 2.13. The molecule has 4 heteroatoms. The smallest absolute Gasteiger partial charge is 0.182 e. The number of ether oxygens (including phenoxy) is 1. The van der Waals surface area contributed by atoms with Crippen LogP contribution < -0.4 is 4.74 Å². The SMILES string of the molecule is COc1cc(C=[N+]([O-])C(C)(C)C)ccc1O. The molecule has 0 aliphatic carbocycles. The second kappa shape index (κ2) is 4.43. The number of methoxy groups -OCH3 is 1. The minimum atomic E-state index is -0.481. The summed E-state index contributed by atoms with van der Waals surface area (Å²) in [5.74, 6) is 0.420. The van der Waals surface area contributed by atoms with Crippen LogP contribution in [0.15, 0.2) is 18.2 Å². The minimum Gasteiger partial charge on any atom is -0.623 e. The van der Waals surface area contributed by atoms with Crippen molar-refractivity contribution in [3.63, 3.8) is 0 Å². The van der Waals surface area contributed by atoms with Crippen LogP contribution in [-0.2, 0) is 0 Å². The first kappa shape index (κ1) is 12.4. The molecule has 88 valence electrons. The van der Waals surface area contributed by atoms with E-state index in [-0.39, 0.29) is 5.75 Å². The number of hydroxylamine groups is 1. The summed E-state index contributed by atoms with van der Waals surface area (Å²) < 4.78 is 5.84. The van der Waals surface area contributed by atoms with E-state index in [2.05, 4.69) is 0 Å². The Hall–Kier alpha value is -1.71. The van der Waals surface area contributed by atoms with Gasteiger partial charge in [-0.3, -0.25) is 0 Å². The monoisotopic (exact) mass is 223 g/mol. The van der Waals surface area contributed by atoms with Gasteiger partial charge in [0, 0.05) is 26.3 Å². The van der Waals surface area contributed by atoms with Crippen molar-refractivity contribution in [1.29, 1.82) is 0 Å². The van der Waals surface area contributed by atoms with Crippen LogP contribution in [0.4, 0.5) is 0 Å². The van der Waals surface area contributed by atoms with Crippen LogP contribution in [0.25, 0.3) is 0 Å². The maximum absolute atomic E-state index is 11.7. The van der Waals surface area contributed by atoms with Gasteiger partial charge in [-0.05, 0) is 18.2 Å². The molecule has 0 heterocycles. The molecule has 1 aromatic rings. The van der Waals surface area contributed by atoms with Gasteiger partial charge < -0.3 is 15.1 Å². The van der Waals surface area contributed by atoms with Crippen LogP contribution in [0.1, 0.15) is 26.3 Å².